The standard InChI is InChI=1S/C13H14BrFN2S/c1-3-16-8(2)11-7-17-13(18-11)12-9(14)5-4-6-10(12)15/h4-8,16H,3H2,1-2H3. The highest BCUT2D eigenvalue weighted by atomic mass is 79.9. The zero-order valence-electron chi connectivity index (χ0n) is 10.2. The van der Waals surface area contributed by atoms with Gasteiger partial charge in [-0.2, -0.15) is 0 Å². The van der Waals surface area contributed by atoms with Crippen molar-refractivity contribution in [2.75, 3.05) is 6.54 Å². The minimum absolute atomic E-state index is 0.242. The maximum absolute atomic E-state index is 13.8. The third kappa shape index (κ3) is 2.79. The maximum Gasteiger partial charge on any atom is 0.134 e. The van der Waals surface area contributed by atoms with E-state index in [1.54, 1.807) is 6.07 Å². The monoisotopic (exact) mass is 328 g/mol. The Balaban J connectivity index is 2.35. The second-order valence-electron chi connectivity index (χ2n) is 3.94. The maximum atomic E-state index is 13.8. The molecular formula is C13H14BrFN2S. The zero-order chi connectivity index (χ0) is 13.1. The second kappa shape index (κ2) is 5.91. The highest BCUT2D eigenvalue weighted by Crippen LogP contribution is 2.35. The van der Waals surface area contributed by atoms with Crippen LogP contribution in [-0.4, -0.2) is 11.5 Å². The Hall–Kier alpha value is -0.780. The van der Waals surface area contributed by atoms with Gasteiger partial charge in [-0.05, 0) is 41.5 Å². The first kappa shape index (κ1) is 13.6. The lowest BCUT2D eigenvalue weighted by Crippen LogP contribution is -2.16. The largest absolute Gasteiger partial charge is 0.310 e. The predicted molar refractivity (Wildman–Crippen MR) is 77.3 cm³/mol. The lowest BCUT2D eigenvalue weighted by molar-refractivity contribution is 0.606. The van der Waals surface area contributed by atoms with Crippen LogP contribution in [0.2, 0.25) is 0 Å². The van der Waals surface area contributed by atoms with Gasteiger partial charge in [0.1, 0.15) is 10.8 Å². The van der Waals surface area contributed by atoms with Crippen LogP contribution < -0.4 is 5.32 Å². The van der Waals surface area contributed by atoms with Crippen LogP contribution in [0.4, 0.5) is 4.39 Å². The zero-order valence-corrected chi connectivity index (χ0v) is 12.6. The molecule has 0 bridgehead atoms. The molecule has 2 aromatic rings. The van der Waals surface area contributed by atoms with Crippen molar-refractivity contribution in [1.82, 2.24) is 10.3 Å². The summed E-state index contributed by atoms with van der Waals surface area (Å²) in [5, 5.41) is 4.03. The number of thiazole rings is 1. The van der Waals surface area contributed by atoms with Gasteiger partial charge in [0.15, 0.2) is 0 Å². The Kier molecular flexibility index (Phi) is 4.48. The van der Waals surface area contributed by atoms with E-state index in [9.17, 15) is 4.39 Å². The molecule has 1 aromatic heterocycles. The molecule has 1 aromatic carbocycles. The molecule has 1 atom stereocenters. The molecular weight excluding hydrogens is 315 g/mol. The molecule has 18 heavy (non-hydrogen) atoms. The van der Waals surface area contributed by atoms with Crippen molar-refractivity contribution in [2.24, 2.45) is 0 Å². The van der Waals surface area contributed by atoms with Crippen LogP contribution in [0, 0.1) is 5.82 Å². The first-order chi connectivity index (χ1) is 8.63. The molecule has 1 N–H and O–H groups in total. The van der Waals surface area contributed by atoms with Crippen LogP contribution in [0.1, 0.15) is 24.8 Å². The van der Waals surface area contributed by atoms with E-state index < -0.39 is 0 Å². The topological polar surface area (TPSA) is 24.9 Å². The number of hydrogen-bond acceptors (Lipinski definition) is 3. The lowest BCUT2D eigenvalue weighted by atomic mass is 10.2. The molecule has 0 spiro atoms. The number of halogens is 2. The highest BCUT2D eigenvalue weighted by Gasteiger charge is 2.15. The Morgan fingerprint density at radius 2 is 2.28 bits per heavy atom. The van der Waals surface area contributed by atoms with Gasteiger partial charge in [-0.3, -0.25) is 0 Å². The molecule has 0 saturated carbocycles. The first-order valence-corrected chi connectivity index (χ1v) is 7.38. The third-order valence-corrected chi connectivity index (χ3v) is 4.50. The second-order valence-corrected chi connectivity index (χ2v) is 5.86. The summed E-state index contributed by atoms with van der Waals surface area (Å²) in [6.07, 6.45) is 1.81. The van der Waals surface area contributed by atoms with Gasteiger partial charge >= 0.3 is 0 Å². The van der Waals surface area contributed by atoms with E-state index in [1.165, 1.54) is 17.4 Å². The van der Waals surface area contributed by atoms with Crippen molar-refractivity contribution >= 4 is 27.3 Å². The average molecular weight is 329 g/mol. The fourth-order valence-electron chi connectivity index (χ4n) is 1.71. The Morgan fingerprint density at radius 1 is 1.50 bits per heavy atom. The molecule has 0 aliphatic rings. The van der Waals surface area contributed by atoms with Crippen LogP contribution >= 0.6 is 27.3 Å². The van der Waals surface area contributed by atoms with Crippen molar-refractivity contribution in [3.63, 3.8) is 0 Å². The van der Waals surface area contributed by atoms with Gasteiger partial charge in [0, 0.05) is 21.6 Å². The van der Waals surface area contributed by atoms with Gasteiger partial charge < -0.3 is 5.32 Å². The summed E-state index contributed by atoms with van der Waals surface area (Å²) in [5.41, 5.74) is 0.539. The molecule has 2 nitrogen and oxygen atoms in total. The van der Waals surface area contributed by atoms with Crippen molar-refractivity contribution in [1.29, 1.82) is 0 Å². The van der Waals surface area contributed by atoms with Crippen LogP contribution in [0.15, 0.2) is 28.9 Å². The number of nitrogens with one attached hydrogen (secondary N) is 1. The van der Waals surface area contributed by atoms with E-state index in [1.807, 2.05) is 12.3 Å². The molecule has 2 rings (SSSR count). The number of hydrogen-bond donors (Lipinski definition) is 1. The van der Waals surface area contributed by atoms with Gasteiger partial charge in [0.2, 0.25) is 0 Å². The molecule has 0 amide bonds. The summed E-state index contributed by atoms with van der Waals surface area (Å²) in [4.78, 5) is 5.43. The van der Waals surface area contributed by atoms with Gasteiger partial charge in [-0.1, -0.05) is 13.0 Å². The van der Waals surface area contributed by atoms with Crippen LogP contribution in [-0.2, 0) is 0 Å². The minimum Gasteiger partial charge on any atom is -0.310 e. The van der Waals surface area contributed by atoms with Crippen molar-refractivity contribution < 1.29 is 4.39 Å². The smallest absolute Gasteiger partial charge is 0.134 e. The van der Waals surface area contributed by atoms with Crippen molar-refractivity contribution in [2.45, 2.75) is 19.9 Å². The van der Waals surface area contributed by atoms with Gasteiger partial charge in [0.25, 0.3) is 0 Å². The molecule has 1 unspecified atom stereocenters. The number of benzene rings is 1. The summed E-state index contributed by atoms with van der Waals surface area (Å²) < 4.78 is 14.6. The van der Waals surface area contributed by atoms with Crippen LogP contribution in [0.3, 0.4) is 0 Å². The van der Waals surface area contributed by atoms with E-state index >= 15 is 0 Å². The van der Waals surface area contributed by atoms with Gasteiger partial charge in [-0.15, -0.1) is 11.3 Å². The molecule has 1 heterocycles. The van der Waals surface area contributed by atoms with Crippen LogP contribution in [0.25, 0.3) is 10.6 Å². The fourth-order valence-corrected chi connectivity index (χ4v) is 3.38. The summed E-state index contributed by atoms with van der Waals surface area (Å²) in [5.74, 6) is -0.249. The van der Waals surface area contributed by atoms with Crippen LogP contribution in [0.5, 0.6) is 0 Å². The van der Waals surface area contributed by atoms with E-state index in [0.29, 0.717) is 10.6 Å². The average Bonchev–Trinajstić information content (AvgIpc) is 2.78. The first-order valence-electron chi connectivity index (χ1n) is 5.77. The van der Waals surface area contributed by atoms with Gasteiger partial charge in [0.05, 0.1) is 5.56 Å². The Labute approximate surface area is 118 Å². The summed E-state index contributed by atoms with van der Waals surface area (Å²) >= 11 is 4.89. The SMILES string of the molecule is CCNC(C)c1cnc(-c2c(F)cccc2Br)s1. The lowest BCUT2D eigenvalue weighted by Gasteiger charge is -2.08. The molecule has 5 heteroatoms. The number of nitrogens with zero attached hydrogens (tertiary/aromatic N) is 1. The number of rotatable bonds is 4. The molecule has 0 saturated heterocycles. The molecule has 0 aliphatic carbocycles. The summed E-state index contributed by atoms with van der Waals surface area (Å²) in [7, 11) is 0. The normalized spacial score (nSPS) is 12.7. The van der Waals surface area contributed by atoms with Gasteiger partial charge in [-0.25, -0.2) is 9.37 Å². The van der Waals surface area contributed by atoms with Crippen molar-refractivity contribution in [3.8, 4) is 10.6 Å². The quantitative estimate of drug-likeness (QED) is 0.900. The third-order valence-electron chi connectivity index (χ3n) is 2.64. The predicted octanol–water partition coefficient (Wildman–Crippen LogP) is 4.38. The molecule has 96 valence electrons. The molecule has 0 aliphatic heterocycles. The molecule has 0 radical (unpaired) electrons. The Morgan fingerprint density at radius 3 is 2.94 bits per heavy atom. The highest BCUT2D eigenvalue weighted by molar-refractivity contribution is 9.10. The summed E-state index contributed by atoms with van der Waals surface area (Å²) in [6, 6.07) is 5.20. The number of aromatic nitrogens is 1. The van der Waals surface area contributed by atoms with E-state index in [4.69, 9.17) is 0 Å². The Bertz CT molecular complexity index is 521. The van der Waals surface area contributed by atoms with E-state index in [0.717, 1.165) is 15.9 Å². The fraction of sp³-hybridized carbons (Fsp3) is 0.308. The minimum atomic E-state index is -0.249. The van der Waals surface area contributed by atoms with E-state index in [2.05, 4.69) is 40.1 Å². The molecule has 0 fully saturated rings. The summed E-state index contributed by atoms with van der Waals surface area (Å²) in [6.45, 7) is 5.04. The van der Waals surface area contributed by atoms with E-state index in [-0.39, 0.29) is 11.9 Å². The van der Waals surface area contributed by atoms with Crippen molar-refractivity contribution in [3.05, 3.63) is 39.6 Å².